The van der Waals surface area contributed by atoms with Crippen molar-refractivity contribution >= 4 is 64.0 Å². The van der Waals surface area contributed by atoms with Crippen molar-refractivity contribution in [2.45, 2.75) is 0 Å². The smallest absolute Gasteiger partial charge is 0.294 e. The molecule has 0 aliphatic rings. The first-order valence-corrected chi connectivity index (χ1v) is 7.37. The zero-order chi connectivity index (χ0) is 17.0. The van der Waals surface area contributed by atoms with Crippen LogP contribution in [0.4, 0.5) is 10.5 Å². The molecule has 0 aromatic carbocycles. The van der Waals surface area contributed by atoms with E-state index in [2.05, 4.69) is 26.1 Å². The lowest BCUT2D eigenvalue weighted by Gasteiger charge is -2.11. The van der Waals surface area contributed by atoms with Crippen LogP contribution in [0.5, 0.6) is 0 Å². The van der Waals surface area contributed by atoms with E-state index >= 15 is 0 Å². The first kappa shape index (κ1) is 17.6. The summed E-state index contributed by atoms with van der Waals surface area (Å²) in [4.78, 5) is 31.1. The second kappa shape index (κ2) is 7.65. The van der Waals surface area contributed by atoms with Gasteiger partial charge in [-0.15, -0.1) is 0 Å². The molecular weight excluding hydrogens is 388 g/mol. The fourth-order valence-electron chi connectivity index (χ4n) is 1.45. The summed E-state index contributed by atoms with van der Waals surface area (Å²) in [6, 6.07) is 1.68. The summed E-state index contributed by atoms with van der Waals surface area (Å²) in [5.74, 6) is -0.720. The van der Waals surface area contributed by atoms with E-state index in [1.54, 1.807) is 0 Å². The van der Waals surface area contributed by atoms with Crippen molar-refractivity contribution in [1.29, 1.82) is 0 Å². The number of nitrogens with one attached hydrogen (secondary N) is 3. The first-order valence-electron chi connectivity index (χ1n) is 5.86. The van der Waals surface area contributed by atoms with Crippen LogP contribution in [-0.2, 0) is 0 Å². The Morgan fingerprint density at radius 1 is 0.957 bits per heavy atom. The minimum absolute atomic E-state index is 0.0246. The molecule has 0 saturated heterocycles. The van der Waals surface area contributed by atoms with E-state index < -0.39 is 11.9 Å². The fourth-order valence-corrected chi connectivity index (χ4v) is 2.37. The van der Waals surface area contributed by atoms with Gasteiger partial charge in [0.05, 0.1) is 15.7 Å². The SMILES string of the molecule is O=C(NNc1c(Cl)cncc1Cl)NC(=O)c1cc(Cl)nc(Cl)c1. The number of rotatable bonds is 3. The quantitative estimate of drug-likeness (QED) is 0.546. The zero-order valence-corrected chi connectivity index (χ0v) is 14.1. The Morgan fingerprint density at radius 3 is 2.09 bits per heavy atom. The number of hydrogen-bond acceptors (Lipinski definition) is 5. The third kappa shape index (κ3) is 4.84. The molecular formula is C12H7Cl4N5O2. The van der Waals surface area contributed by atoms with Crippen LogP contribution in [0, 0.1) is 0 Å². The van der Waals surface area contributed by atoms with Crippen LogP contribution in [0.25, 0.3) is 0 Å². The van der Waals surface area contributed by atoms with E-state index in [4.69, 9.17) is 46.4 Å². The minimum Gasteiger partial charge on any atom is -0.294 e. The van der Waals surface area contributed by atoms with Crippen LogP contribution in [-0.4, -0.2) is 21.9 Å². The van der Waals surface area contributed by atoms with Crippen molar-refractivity contribution < 1.29 is 9.59 Å². The maximum atomic E-state index is 11.9. The Kier molecular flexibility index (Phi) is 5.84. The highest BCUT2D eigenvalue weighted by molar-refractivity contribution is 6.38. The molecule has 3 amide bonds. The predicted octanol–water partition coefficient (Wildman–Crippen LogP) is 3.56. The molecule has 2 aromatic heterocycles. The number of hydrogen-bond donors (Lipinski definition) is 3. The standard InChI is InChI=1S/C12H7Cl4N5O2/c13-6-3-17-4-7(14)10(6)20-21-12(23)19-11(22)5-1-8(15)18-9(16)2-5/h1-4H,(H,17,20)(H2,19,21,22,23). The van der Waals surface area contributed by atoms with Crippen LogP contribution >= 0.6 is 46.4 Å². The second-order valence-corrected chi connectivity index (χ2v) is 5.60. The monoisotopic (exact) mass is 393 g/mol. The van der Waals surface area contributed by atoms with Crippen molar-refractivity contribution in [1.82, 2.24) is 20.7 Å². The van der Waals surface area contributed by atoms with Crippen LogP contribution in [0.2, 0.25) is 20.4 Å². The Bertz CT molecular complexity index is 731. The van der Waals surface area contributed by atoms with E-state index in [-0.39, 0.29) is 31.6 Å². The van der Waals surface area contributed by atoms with Gasteiger partial charge in [0.1, 0.15) is 10.3 Å². The third-order valence-corrected chi connectivity index (χ3v) is 3.37. The summed E-state index contributed by atoms with van der Waals surface area (Å²) in [5.41, 5.74) is 5.00. The molecule has 11 heteroatoms. The molecule has 0 fully saturated rings. The molecule has 0 aliphatic heterocycles. The number of urea groups is 1. The molecule has 23 heavy (non-hydrogen) atoms. The highest BCUT2D eigenvalue weighted by atomic mass is 35.5. The Balaban J connectivity index is 1.98. The van der Waals surface area contributed by atoms with Gasteiger partial charge in [-0.2, -0.15) is 0 Å². The number of imide groups is 1. The molecule has 0 aliphatic carbocycles. The molecule has 3 N–H and O–H groups in total. The minimum atomic E-state index is -0.844. The summed E-state index contributed by atoms with van der Waals surface area (Å²) in [6.45, 7) is 0. The number of hydrazine groups is 1. The highest BCUT2D eigenvalue weighted by Crippen LogP contribution is 2.27. The van der Waals surface area contributed by atoms with E-state index in [1.807, 2.05) is 0 Å². The molecule has 0 radical (unpaired) electrons. The van der Waals surface area contributed by atoms with Gasteiger partial charge in [0.25, 0.3) is 5.91 Å². The van der Waals surface area contributed by atoms with Crippen molar-refractivity contribution in [3.63, 3.8) is 0 Å². The summed E-state index contributed by atoms with van der Waals surface area (Å²) in [5, 5.41) is 2.49. The lowest BCUT2D eigenvalue weighted by molar-refractivity contribution is 0.0964. The van der Waals surface area contributed by atoms with Gasteiger partial charge >= 0.3 is 6.03 Å². The normalized spacial score (nSPS) is 10.1. The van der Waals surface area contributed by atoms with Gasteiger partial charge in [0.15, 0.2) is 0 Å². The van der Waals surface area contributed by atoms with Gasteiger partial charge in [-0.25, -0.2) is 9.78 Å². The van der Waals surface area contributed by atoms with Gasteiger partial charge in [-0.05, 0) is 12.1 Å². The molecule has 0 saturated carbocycles. The number of amides is 3. The fraction of sp³-hybridized carbons (Fsp3) is 0. The predicted molar refractivity (Wildman–Crippen MR) is 88.1 cm³/mol. The van der Waals surface area contributed by atoms with Crippen LogP contribution in [0.15, 0.2) is 24.5 Å². The van der Waals surface area contributed by atoms with Crippen molar-refractivity contribution in [2.75, 3.05) is 5.43 Å². The van der Waals surface area contributed by atoms with Crippen molar-refractivity contribution in [3.05, 3.63) is 50.4 Å². The van der Waals surface area contributed by atoms with Gasteiger partial charge in [0, 0.05) is 18.0 Å². The molecule has 2 rings (SSSR count). The Labute approximate surface area is 150 Å². The number of pyridine rings is 2. The largest absolute Gasteiger partial charge is 0.340 e. The maximum Gasteiger partial charge on any atom is 0.340 e. The third-order valence-electron chi connectivity index (χ3n) is 2.41. The summed E-state index contributed by atoms with van der Waals surface area (Å²) < 4.78 is 0. The summed E-state index contributed by atoms with van der Waals surface area (Å²) in [6.07, 6.45) is 2.67. The Hall–Kier alpha value is -1.80. The number of aromatic nitrogens is 2. The summed E-state index contributed by atoms with van der Waals surface area (Å²) in [7, 11) is 0. The van der Waals surface area contributed by atoms with Crippen molar-refractivity contribution in [3.8, 4) is 0 Å². The first-order chi connectivity index (χ1) is 10.9. The molecule has 0 spiro atoms. The number of carbonyl (C=O) groups excluding carboxylic acids is 2. The Morgan fingerprint density at radius 2 is 1.52 bits per heavy atom. The number of carbonyl (C=O) groups is 2. The maximum absolute atomic E-state index is 11.9. The average Bonchev–Trinajstić information content (AvgIpc) is 2.45. The molecule has 2 aromatic rings. The molecule has 0 bridgehead atoms. The highest BCUT2D eigenvalue weighted by Gasteiger charge is 2.13. The topological polar surface area (TPSA) is 96.0 Å². The van der Waals surface area contributed by atoms with E-state index in [0.717, 1.165) is 0 Å². The lowest BCUT2D eigenvalue weighted by atomic mass is 10.2. The molecule has 2 heterocycles. The van der Waals surface area contributed by atoms with Gasteiger partial charge < -0.3 is 0 Å². The summed E-state index contributed by atoms with van der Waals surface area (Å²) >= 11 is 23.1. The van der Waals surface area contributed by atoms with E-state index in [0.29, 0.717) is 0 Å². The number of halogens is 4. The molecule has 0 unspecified atom stereocenters. The van der Waals surface area contributed by atoms with Crippen LogP contribution in [0.3, 0.4) is 0 Å². The average molecular weight is 395 g/mol. The molecule has 0 atom stereocenters. The van der Waals surface area contributed by atoms with Gasteiger partial charge in [-0.1, -0.05) is 46.4 Å². The van der Waals surface area contributed by atoms with E-state index in [9.17, 15) is 9.59 Å². The lowest BCUT2D eigenvalue weighted by Crippen LogP contribution is -2.42. The number of anilines is 1. The van der Waals surface area contributed by atoms with Crippen LogP contribution < -0.4 is 16.2 Å². The second-order valence-electron chi connectivity index (χ2n) is 4.01. The molecule has 120 valence electrons. The number of nitrogens with zero attached hydrogens (tertiary/aromatic N) is 2. The van der Waals surface area contributed by atoms with Crippen LogP contribution in [0.1, 0.15) is 10.4 Å². The van der Waals surface area contributed by atoms with Gasteiger partial charge in [-0.3, -0.25) is 25.9 Å². The zero-order valence-electron chi connectivity index (χ0n) is 11.0. The van der Waals surface area contributed by atoms with E-state index in [1.165, 1.54) is 24.5 Å². The van der Waals surface area contributed by atoms with Crippen molar-refractivity contribution in [2.24, 2.45) is 0 Å². The molecule has 7 nitrogen and oxygen atoms in total. The van der Waals surface area contributed by atoms with Gasteiger partial charge in [0.2, 0.25) is 0 Å².